The number of aromatic nitrogens is 4. The predicted octanol–water partition coefficient (Wildman–Crippen LogP) is 9.43. The molecule has 5 nitrogen and oxygen atoms in total. The van der Waals surface area contributed by atoms with E-state index in [2.05, 4.69) is 58.5 Å². The van der Waals surface area contributed by atoms with E-state index in [0.29, 0.717) is 0 Å². The molecule has 6 rings (SSSR count). The third-order valence-electron chi connectivity index (χ3n) is 6.56. The van der Waals surface area contributed by atoms with Crippen LogP contribution in [0.1, 0.15) is 45.4 Å². The van der Waals surface area contributed by atoms with Gasteiger partial charge in [0.1, 0.15) is 22.3 Å². The highest BCUT2D eigenvalue weighted by Crippen LogP contribution is 2.44. The third-order valence-corrected chi connectivity index (χ3v) is 8.90. The molecule has 4 aromatic heterocycles. The first kappa shape index (κ1) is 24.3. The predicted molar refractivity (Wildman–Crippen MR) is 158 cm³/mol. The summed E-state index contributed by atoms with van der Waals surface area (Å²) >= 11 is 4.78. The highest BCUT2D eigenvalue weighted by molar-refractivity contribution is 7.14. The number of thiophene rings is 2. The Bertz CT molecular complexity index is 1500. The molecule has 1 N–H and O–H groups in total. The lowest BCUT2D eigenvalue weighted by molar-refractivity contribution is 0.304. The maximum Gasteiger partial charge on any atom is 0.160 e. The van der Waals surface area contributed by atoms with E-state index in [-0.39, 0.29) is 0 Å². The Morgan fingerprint density at radius 1 is 0.757 bits per heavy atom. The Kier molecular flexibility index (Phi) is 7.30. The largest absolute Gasteiger partial charge is 0.494 e. The summed E-state index contributed by atoms with van der Waals surface area (Å²) in [4.78, 5) is 12.5. The van der Waals surface area contributed by atoms with Crippen LogP contribution in [0.15, 0.2) is 59.3 Å². The Labute approximate surface area is 228 Å². The van der Waals surface area contributed by atoms with Crippen LogP contribution in [0.4, 0.5) is 0 Å². The first-order chi connectivity index (χ1) is 18.3. The lowest BCUT2D eigenvalue weighted by Crippen LogP contribution is -1.97. The fourth-order valence-electron chi connectivity index (χ4n) is 4.69. The summed E-state index contributed by atoms with van der Waals surface area (Å²) in [5.74, 6) is 1.62. The van der Waals surface area contributed by atoms with E-state index in [1.165, 1.54) is 43.8 Å². The van der Waals surface area contributed by atoms with Gasteiger partial charge in [-0.3, -0.25) is 4.37 Å². The molecule has 0 aliphatic carbocycles. The van der Waals surface area contributed by atoms with Crippen molar-refractivity contribution in [3.63, 3.8) is 0 Å². The van der Waals surface area contributed by atoms with Gasteiger partial charge in [0, 0.05) is 38.2 Å². The van der Waals surface area contributed by atoms with Crippen molar-refractivity contribution in [3.8, 4) is 38.0 Å². The second-order valence-electron chi connectivity index (χ2n) is 9.10. The second-order valence-corrected chi connectivity index (χ2v) is 11.6. The normalized spacial score (nSPS) is 11.6. The van der Waals surface area contributed by atoms with Crippen molar-refractivity contribution in [2.45, 2.75) is 45.4 Å². The molecule has 0 spiro atoms. The molecule has 188 valence electrons. The van der Waals surface area contributed by atoms with Gasteiger partial charge in [0.15, 0.2) is 5.82 Å². The first-order valence-corrected chi connectivity index (χ1v) is 15.3. The van der Waals surface area contributed by atoms with Crippen LogP contribution >= 0.6 is 34.4 Å². The van der Waals surface area contributed by atoms with Crippen molar-refractivity contribution >= 4 is 56.5 Å². The molecule has 0 saturated carbocycles. The van der Waals surface area contributed by atoms with Crippen molar-refractivity contribution in [1.29, 1.82) is 0 Å². The number of hydrogen-bond acceptors (Lipinski definition) is 7. The minimum Gasteiger partial charge on any atom is -0.494 e. The molecular weight excluding hydrogens is 517 g/mol. The molecule has 6 aromatic rings. The number of fused-ring (bicyclic) bond motifs is 2. The number of imidazole rings is 1. The van der Waals surface area contributed by atoms with Crippen LogP contribution in [-0.2, 0) is 0 Å². The van der Waals surface area contributed by atoms with Gasteiger partial charge in [-0.15, -0.1) is 22.7 Å². The molecule has 0 radical (unpaired) electrons. The summed E-state index contributed by atoms with van der Waals surface area (Å²) in [6.45, 7) is 3.01. The molecule has 4 heterocycles. The highest BCUT2D eigenvalue weighted by atomic mass is 32.1. The number of rotatable bonds is 11. The molecule has 0 amide bonds. The lowest BCUT2D eigenvalue weighted by Gasteiger charge is -2.06. The van der Waals surface area contributed by atoms with E-state index in [9.17, 15) is 0 Å². The summed E-state index contributed by atoms with van der Waals surface area (Å²) in [6, 6.07) is 16.6. The number of unbranched alkanes of at least 4 members (excludes halogenated alkanes) is 5. The number of H-pyrrole nitrogens is 1. The Morgan fingerprint density at radius 2 is 1.43 bits per heavy atom. The summed E-state index contributed by atoms with van der Waals surface area (Å²) in [6.07, 6.45) is 7.57. The fourth-order valence-corrected chi connectivity index (χ4v) is 6.85. The van der Waals surface area contributed by atoms with Crippen LogP contribution in [0.5, 0.6) is 5.75 Å². The standard InChI is InChI=1S/C29H28N4OS3/c1-2-3-4-5-6-7-16-34-20-14-12-19(13-15-20)29-30-25-23(21-10-8-17-35-21)27-28(33-37-32-27)24(26(25)31-29)22-11-9-18-36-22/h8-15,17-18,32H,2-7,16H2,1H3. The van der Waals surface area contributed by atoms with Gasteiger partial charge in [-0.05, 0) is 53.6 Å². The summed E-state index contributed by atoms with van der Waals surface area (Å²) in [5, 5.41) is 4.19. The summed E-state index contributed by atoms with van der Waals surface area (Å²) < 4.78 is 14.2. The number of nitrogens with zero attached hydrogens (tertiary/aromatic N) is 3. The first-order valence-electron chi connectivity index (χ1n) is 12.8. The number of hydrogen-bond donors (Lipinski definition) is 1. The van der Waals surface area contributed by atoms with Gasteiger partial charge in [0.25, 0.3) is 0 Å². The minimum atomic E-state index is 0.726. The van der Waals surface area contributed by atoms with Gasteiger partial charge in [-0.2, -0.15) is 4.37 Å². The average molecular weight is 545 g/mol. The van der Waals surface area contributed by atoms with Crippen molar-refractivity contribution < 1.29 is 4.74 Å². The number of ether oxygens (including phenoxy) is 1. The summed E-state index contributed by atoms with van der Waals surface area (Å²) in [5.41, 5.74) is 6.89. The van der Waals surface area contributed by atoms with Crippen LogP contribution in [-0.4, -0.2) is 25.3 Å². The van der Waals surface area contributed by atoms with E-state index in [1.807, 2.05) is 12.1 Å². The van der Waals surface area contributed by atoms with Crippen LogP contribution in [0.3, 0.4) is 0 Å². The molecule has 0 aliphatic rings. The molecule has 37 heavy (non-hydrogen) atoms. The van der Waals surface area contributed by atoms with Gasteiger partial charge >= 0.3 is 0 Å². The van der Waals surface area contributed by atoms with Gasteiger partial charge in [0.05, 0.1) is 12.1 Å². The molecule has 0 unspecified atom stereocenters. The lowest BCUT2D eigenvalue weighted by atomic mass is 10.0. The van der Waals surface area contributed by atoms with Crippen molar-refractivity contribution in [3.05, 3.63) is 59.3 Å². The van der Waals surface area contributed by atoms with E-state index in [4.69, 9.17) is 19.1 Å². The third kappa shape index (κ3) is 4.93. The quantitative estimate of drug-likeness (QED) is 0.165. The smallest absolute Gasteiger partial charge is 0.160 e. The van der Waals surface area contributed by atoms with E-state index in [0.717, 1.165) is 73.1 Å². The van der Waals surface area contributed by atoms with Crippen molar-refractivity contribution in [2.75, 3.05) is 6.61 Å². The molecule has 0 aliphatic heterocycles. The van der Waals surface area contributed by atoms with E-state index in [1.54, 1.807) is 22.7 Å². The molecular formula is C29H28N4OS3. The molecule has 0 saturated heterocycles. The van der Waals surface area contributed by atoms with Gasteiger partial charge in [0.2, 0.25) is 0 Å². The number of benzene rings is 2. The van der Waals surface area contributed by atoms with Crippen molar-refractivity contribution in [1.82, 2.24) is 18.7 Å². The van der Waals surface area contributed by atoms with Crippen molar-refractivity contribution in [2.24, 2.45) is 0 Å². The SMILES string of the molecule is CCCCCCCCOc1ccc(-c2nc3c(-c4cccs4)c4ns[nH]c4c(-c4cccs4)c3n2)cc1. The zero-order chi connectivity index (χ0) is 25.0. The number of aromatic amines is 1. The van der Waals surface area contributed by atoms with Gasteiger partial charge < -0.3 is 4.74 Å². The second kappa shape index (κ2) is 11.1. The molecule has 2 aromatic carbocycles. The molecule has 0 fully saturated rings. The molecule has 0 bridgehead atoms. The Balaban J connectivity index is 1.33. The Hall–Kier alpha value is -3.07. The highest BCUT2D eigenvalue weighted by Gasteiger charge is 2.24. The van der Waals surface area contributed by atoms with Gasteiger partial charge in [-0.1, -0.05) is 51.2 Å². The fraction of sp³-hybridized carbons (Fsp3) is 0.276. The van der Waals surface area contributed by atoms with Crippen LogP contribution < -0.4 is 4.74 Å². The maximum absolute atomic E-state index is 5.99. The topological polar surface area (TPSA) is 63.7 Å². The minimum absolute atomic E-state index is 0.726. The molecule has 0 atom stereocenters. The van der Waals surface area contributed by atoms with E-state index < -0.39 is 0 Å². The molecule has 8 heteroatoms. The maximum atomic E-state index is 5.99. The van der Waals surface area contributed by atoms with Crippen LogP contribution in [0, 0.1) is 0 Å². The Morgan fingerprint density at radius 3 is 2.14 bits per heavy atom. The average Bonchev–Trinajstić information content (AvgIpc) is 3.74. The van der Waals surface area contributed by atoms with E-state index >= 15 is 0 Å². The zero-order valence-electron chi connectivity index (χ0n) is 20.7. The van der Waals surface area contributed by atoms with Crippen LogP contribution in [0.25, 0.3) is 54.3 Å². The zero-order valence-corrected chi connectivity index (χ0v) is 23.1. The summed E-state index contributed by atoms with van der Waals surface area (Å²) in [7, 11) is 0. The van der Waals surface area contributed by atoms with Crippen LogP contribution in [0.2, 0.25) is 0 Å². The monoisotopic (exact) mass is 544 g/mol. The number of nitrogens with one attached hydrogen (secondary N) is 1. The van der Waals surface area contributed by atoms with Gasteiger partial charge in [-0.25, -0.2) is 9.97 Å².